The third-order valence-corrected chi connectivity index (χ3v) is 3.87. The standard InChI is InChI=1S/C10H11N3OS2/c11-8-3-1-2-7(4-8)9(14)5-15-10-12-6-13-16-10/h1-4,6,9,14H,5,11H2. The van der Waals surface area contributed by atoms with Gasteiger partial charge in [0.15, 0.2) is 4.34 Å². The van der Waals surface area contributed by atoms with Crippen LogP contribution in [-0.4, -0.2) is 20.2 Å². The Bertz CT molecular complexity index is 447. The summed E-state index contributed by atoms with van der Waals surface area (Å²) in [5.74, 6) is 0.554. The molecular formula is C10H11N3OS2. The molecule has 16 heavy (non-hydrogen) atoms. The predicted octanol–water partition coefficient (Wildman–Crippen LogP) is 1.95. The molecule has 1 aromatic carbocycles. The van der Waals surface area contributed by atoms with Gasteiger partial charge in [-0.1, -0.05) is 23.9 Å². The van der Waals surface area contributed by atoms with Crippen LogP contribution in [0.1, 0.15) is 11.7 Å². The SMILES string of the molecule is Nc1cccc(C(O)CSc2ncns2)c1. The van der Waals surface area contributed by atoms with Crippen molar-refractivity contribution in [1.82, 2.24) is 9.36 Å². The van der Waals surface area contributed by atoms with E-state index in [9.17, 15) is 5.11 Å². The number of thioether (sulfide) groups is 1. The van der Waals surface area contributed by atoms with E-state index < -0.39 is 6.10 Å². The summed E-state index contributed by atoms with van der Waals surface area (Å²) in [5.41, 5.74) is 7.14. The first-order chi connectivity index (χ1) is 7.75. The Labute approximate surface area is 102 Å². The molecule has 1 heterocycles. The quantitative estimate of drug-likeness (QED) is 0.643. The molecule has 84 valence electrons. The van der Waals surface area contributed by atoms with E-state index >= 15 is 0 Å². The monoisotopic (exact) mass is 253 g/mol. The van der Waals surface area contributed by atoms with Gasteiger partial charge in [-0.3, -0.25) is 0 Å². The average molecular weight is 253 g/mol. The Hall–Kier alpha value is -1.11. The summed E-state index contributed by atoms with van der Waals surface area (Å²) in [4.78, 5) is 4.03. The summed E-state index contributed by atoms with van der Waals surface area (Å²) in [5, 5.41) is 9.92. The number of aliphatic hydroxyl groups excluding tert-OH is 1. The van der Waals surface area contributed by atoms with Crippen LogP contribution in [0.5, 0.6) is 0 Å². The zero-order valence-electron chi connectivity index (χ0n) is 8.41. The van der Waals surface area contributed by atoms with Crippen molar-refractivity contribution in [2.45, 2.75) is 10.4 Å². The lowest BCUT2D eigenvalue weighted by Crippen LogP contribution is -2.01. The van der Waals surface area contributed by atoms with Gasteiger partial charge >= 0.3 is 0 Å². The lowest BCUT2D eigenvalue weighted by molar-refractivity contribution is 0.204. The van der Waals surface area contributed by atoms with E-state index in [4.69, 9.17) is 5.73 Å². The van der Waals surface area contributed by atoms with Crippen LogP contribution in [0.3, 0.4) is 0 Å². The second kappa shape index (κ2) is 5.29. The van der Waals surface area contributed by atoms with Gasteiger partial charge in [0.1, 0.15) is 6.33 Å². The normalized spacial score (nSPS) is 12.6. The van der Waals surface area contributed by atoms with Crippen molar-refractivity contribution in [3.63, 3.8) is 0 Å². The lowest BCUT2D eigenvalue weighted by Gasteiger charge is -2.09. The summed E-state index contributed by atoms with van der Waals surface area (Å²) in [6.07, 6.45) is 0.984. The highest BCUT2D eigenvalue weighted by Crippen LogP contribution is 2.25. The molecule has 0 fully saturated rings. The van der Waals surface area contributed by atoms with Crippen molar-refractivity contribution < 1.29 is 5.11 Å². The molecular weight excluding hydrogens is 242 g/mol. The fourth-order valence-corrected chi connectivity index (χ4v) is 2.68. The highest BCUT2D eigenvalue weighted by molar-refractivity contribution is 8.00. The van der Waals surface area contributed by atoms with Crippen molar-refractivity contribution in [1.29, 1.82) is 0 Å². The van der Waals surface area contributed by atoms with Gasteiger partial charge in [-0.05, 0) is 29.2 Å². The fraction of sp³-hybridized carbons (Fsp3) is 0.200. The summed E-state index contributed by atoms with van der Waals surface area (Å²) in [7, 11) is 0. The minimum Gasteiger partial charge on any atom is -0.399 e. The summed E-state index contributed by atoms with van der Waals surface area (Å²) < 4.78 is 4.76. The van der Waals surface area contributed by atoms with E-state index in [0.29, 0.717) is 11.4 Å². The van der Waals surface area contributed by atoms with Crippen molar-refractivity contribution in [3.05, 3.63) is 36.2 Å². The number of hydrogen-bond donors (Lipinski definition) is 2. The fourth-order valence-electron chi connectivity index (χ4n) is 1.24. The van der Waals surface area contributed by atoms with Crippen LogP contribution in [0.2, 0.25) is 0 Å². The molecule has 0 spiro atoms. The third kappa shape index (κ3) is 2.94. The van der Waals surface area contributed by atoms with Crippen molar-refractivity contribution >= 4 is 29.0 Å². The zero-order chi connectivity index (χ0) is 11.4. The molecule has 0 aliphatic carbocycles. The lowest BCUT2D eigenvalue weighted by atomic mass is 10.1. The molecule has 1 unspecified atom stereocenters. The number of aliphatic hydroxyl groups is 1. The topological polar surface area (TPSA) is 72.0 Å². The number of benzene rings is 1. The molecule has 0 aliphatic rings. The highest BCUT2D eigenvalue weighted by Gasteiger charge is 2.09. The van der Waals surface area contributed by atoms with E-state index in [-0.39, 0.29) is 0 Å². The van der Waals surface area contributed by atoms with Crippen LogP contribution in [0.25, 0.3) is 0 Å². The van der Waals surface area contributed by atoms with Crippen LogP contribution in [0, 0.1) is 0 Å². The molecule has 6 heteroatoms. The number of aromatic nitrogens is 2. The second-order valence-electron chi connectivity index (χ2n) is 3.20. The van der Waals surface area contributed by atoms with E-state index in [0.717, 1.165) is 9.90 Å². The van der Waals surface area contributed by atoms with Gasteiger partial charge in [0.05, 0.1) is 6.10 Å². The molecule has 0 radical (unpaired) electrons. The first-order valence-electron chi connectivity index (χ1n) is 4.68. The van der Waals surface area contributed by atoms with Crippen LogP contribution in [-0.2, 0) is 0 Å². The molecule has 0 bridgehead atoms. The maximum atomic E-state index is 9.92. The number of nitrogens with two attached hydrogens (primary N) is 1. The zero-order valence-corrected chi connectivity index (χ0v) is 10.0. The molecule has 2 rings (SSSR count). The molecule has 0 saturated carbocycles. The van der Waals surface area contributed by atoms with Gasteiger partial charge in [0.2, 0.25) is 0 Å². The van der Waals surface area contributed by atoms with Gasteiger partial charge in [0, 0.05) is 11.4 Å². The van der Waals surface area contributed by atoms with Crippen LogP contribution in [0.15, 0.2) is 34.9 Å². The Morgan fingerprint density at radius 1 is 1.50 bits per heavy atom. The van der Waals surface area contributed by atoms with E-state index in [1.165, 1.54) is 29.6 Å². The number of nitrogen functional groups attached to an aromatic ring is 1. The highest BCUT2D eigenvalue weighted by atomic mass is 32.2. The largest absolute Gasteiger partial charge is 0.399 e. The van der Waals surface area contributed by atoms with Gasteiger partial charge in [-0.2, -0.15) is 4.37 Å². The van der Waals surface area contributed by atoms with Crippen molar-refractivity contribution in [3.8, 4) is 0 Å². The first-order valence-corrected chi connectivity index (χ1v) is 6.44. The van der Waals surface area contributed by atoms with Crippen molar-refractivity contribution in [2.24, 2.45) is 0 Å². The molecule has 0 saturated heterocycles. The smallest absolute Gasteiger partial charge is 0.169 e. The van der Waals surface area contributed by atoms with Gasteiger partial charge in [-0.15, -0.1) is 0 Å². The maximum Gasteiger partial charge on any atom is 0.169 e. The second-order valence-corrected chi connectivity index (χ2v) is 5.25. The Morgan fingerprint density at radius 2 is 2.38 bits per heavy atom. The van der Waals surface area contributed by atoms with Gasteiger partial charge < -0.3 is 10.8 Å². The molecule has 0 aliphatic heterocycles. The predicted molar refractivity (Wildman–Crippen MR) is 66.4 cm³/mol. The van der Waals surface area contributed by atoms with E-state index in [2.05, 4.69) is 9.36 Å². The summed E-state index contributed by atoms with van der Waals surface area (Å²) in [6, 6.07) is 7.28. The van der Waals surface area contributed by atoms with E-state index in [1.54, 1.807) is 12.1 Å². The number of anilines is 1. The maximum absolute atomic E-state index is 9.92. The third-order valence-electron chi connectivity index (χ3n) is 2.00. The molecule has 0 amide bonds. The molecule has 1 aromatic heterocycles. The van der Waals surface area contributed by atoms with E-state index in [1.807, 2.05) is 12.1 Å². The average Bonchev–Trinajstić information content (AvgIpc) is 2.78. The van der Waals surface area contributed by atoms with Gasteiger partial charge in [-0.25, -0.2) is 4.98 Å². The van der Waals surface area contributed by atoms with Crippen LogP contribution >= 0.6 is 23.3 Å². The molecule has 2 aromatic rings. The molecule has 1 atom stereocenters. The number of rotatable bonds is 4. The summed E-state index contributed by atoms with van der Waals surface area (Å²) in [6.45, 7) is 0. The summed E-state index contributed by atoms with van der Waals surface area (Å²) >= 11 is 2.82. The van der Waals surface area contributed by atoms with Gasteiger partial charge in [0.25, 0.3) is 0 Å². The van der Waals surface area contributed by atoms with Crippen LogP contribution in [0.4, 0.5) is 5.69 Å². The number of nitrogens with zero attached hydrogens (tertiary/aromatic N) is 2. The Balaban J connectivity index is 1.95. The van der Waals surface area contributed by atoms with Crippen LogP contribution < -0.4 is 5.73 Å². The minimum atomic E-state index is -0.530. The number of hydrogen-bond acceptors (Lipinski definition) is 6. The molecule has 3 N–H and O–H groups in total. The van der Waals surface area contributed by atoms with Crippen molar-refractivity contribution in [2.75, 3.05) is 11.5 Å². The first kappa shape index (κ1) is 11.4. The Kier molecular flexibility index (Phi) is 3.76. The minimum absolute atomic E-state index is 0.530. The Morgan fingerprint density at radius 3 is 3.06 bits per heavy atom. The molecule has 4 nitrogen and oxygen atoms in total.